The van der Waals surface area contributed by atoms with Crippen LogP contribution in [0.3, 0.4) is 0 Å². The number of halogens is 1. The summed E-state index contributed by atoms with van der Waals surface area (Å²) in [6.07, 6.45) is 0. The molecule has 0 atom stereocenters. The number of rotatable bonds is 4. The second-order valence-electron chi connectivity index (χ2n) is 5.85. The molecule has 0 fully saturated rings. The van der Waals surface area contributed by atoms with Crippen LogP contribution < -0.4 is 4.90 Å². The molecule has 26 heavy (non-hydrogen) atoms. The van der Waals surface area contributed by atoms with Gasteiger partial charge in [0.1, 0.15) is 0 Å². The Morgan fingerprint density at radius 2 is 1.73 bits per heavy atom. The fourth-order valence-electron chi connectivity index (χ4n) is 2.75. The van der Waals surface area contributed by atoms with E-state index in [9.17, 15) is 4.79 Å². The molecule has 0 bridgehead atoms. The van der Waals surface area contributed by atoms with Gasteiger partial charge >= 0.3 is 0 Å². The van der Waals surface area contributed by atoms with Gasteiger partial charge in [0.15, 0.2) is 5.13 Å². The number of carbonyl (C=O) groups excluding carboxylic acids is 1. The maximum absolute atomic E-state index is 13.2. The Kier molecular flexibility index (Phi) is 4.69. The normalized spacial score (nSPS) is 10.8. The molecule has 0 aliphatic rings. The van der Waals surface area contributed by atoms with Crippen molar-refractivity contribution >= 4 is 44.2 Å². The van der Waals surface area contributed by atoms with Crippen LogP contribution >= 0.6 is 22.9 Å². The lowest BCUT2D eigenvalue weighted by Crippen LogP contribution is -2.30. The van der Waals surface area contributed by atoms with Crippen LogP contribution in [-0.4, -0.2) is 10.9 Å². The van der Waals surface area contributed by atoms with E-state index in [0.717, 1.165) is 15.8 Å². The van der Waals surface area contributed by atoms with Gasteiger partial charge in [-0.05, 0) is 35.9 Å². The van der Waals surface area contributed by atoms with E-state index >= 15 is 0 Å². The van der Waals surface area contributed by atoms with E-state index in [1.165, 1.54) is 11.3 Å². The first-order chi connectivity index (χ1) is 12.7. The van der Waals surface area contributed by atoms with Crippen molar-refractivity contribution in [2.75, 3.05) is 4.90 Å². The lowest BCUT2D eigenvalue weighted by Gasteiger charge is -2.20. The maximum atomic E-state index is 13.2. The Hall–Kier alpha value is -2.69. The van der Waals surface area contributed by atoms with Crippen molar-refractivity contribution in [3.63, 3.8) is 0 Å². The van der Waals surface area contributed by atoms with Gasteiger partial charge in [-0.15, -0.1) is 0 Å². The van der Waals surface area contributed by atoms with Crippen molar-refractivity contribution in [3.05, 3.63) is 95.0 Å². The SMILES string of the molecule is O=C(c1cccc(Cl)c1)N(Cc1ccccc1)c1nc2ccccc2s1. The van der Waals surface area contributed by atoms with Crippen molar-refractivity contribution in [1.82, 2.24) is 4.98 Å². The second-order valence-corrected chi connectivity index (χ2v) is 7.30. The molecule has 0 radical (unpaired) electrons. The quantitative estimate of drug-likeness (QED) is 0.449. The number of benzene rings is 3. The summed E-state index contributed by atoms with van der Waals surface area (Å²) >= 11 is 7.59. The predicted octanol–water partition coefficient (Wildman–Crippen LogP) is 5.80. The molecule has 1 aromatic heterocycles. The number of hydrogen-bond acceptors (Lipinski definition) is 3. The minimum atomic E-state index is -0.115. The number of anilines is 1. The first kappa shape index (κ1) is 16.8. The number of thiazole rings is 1. The van der Waals surface area contributed by atoms with E-state index in [0.29, 0.717) is 22.3 Å². The van der Waals surface area contributed by atoms with Gasteiger partial charge in [-0.25, -0.2) is 4.98 Å². The molecule has 5 heteroatoms. The van der Waals surface area contributed by atoms with Crippen LogP contribution in [0.25, 0.3) is 10.2 Å². The highest BCUT2D eigenvalue weighted by atomic mass is 35.5. The average Bonchev–Trinajstić information content (AvgIpc) is 3.10. The van der Waals surface area contributed by atoms with Gasteiger partial charge in [-0.1, -0.05) is 71.5 Å². The molecule has 3 nitrogen and oxygen atoms in total. The Bertz CT molecular complexity index is 1030. The minimum absolute atomic E-state index is 0.115. The molecule has 0 unspecified atom stereocenters. The monoisotopic (exact) mass is 378 g/mol. The Balaban J connectivity index is 1.77. The van der Waals surface area contributed by atoms with Gasteiger partial charge in [0.25, 0.3) is 5.91 Å². The predicted molar refractivity (Wildman–Crippen MR) is 108 cm³/mol. The zero-order valence-corrected chi connectivity index (χ0v) is 15.4. The molecule has 0 aliphatic heterocycles. The smallest absolute Gasteiger partial charge is 0.260 e. The van der Waals surface area contributed by atoms with Crippen LogP contribution in [0.1, 0.15) is 15.9 Å². The number of fused-ring (bicyclic) bond motifs is 1. The molecule has 1 heterocycles. The molecule has 4 aromatic rings. The van der Waals surface area contributed by atoms with Crippen molar-refractivity contribution in [1.29, 1.82) is 0 Å². The number of nitrogens with zero attached hydrogens (tertiary/aromatic N) is 2. The fraction of sp³-hybridized carbons (Fsp3) is 0.0476. The topological polar surface area (TPSA) is 33.2 Å². The average molecular weight is 379 g/mol. The van der Waals surface area contributed by atoms with Gasteiger partial charge in [0, 0.05) is 10.6 Å². The molecule has 0 N–H and O–H groups in total. The Labute approximate surface area is 160 Å². The van der Waals surface area contributed by atoms with Crippen molar-refractivity contribution in [2.45, 2.75) is 6.54 Å². The van der Waals surface area contributed by atoms with E-state index in [1.54, 1.807) is 29.2 Å². The van der Waals surface area contributed by atoms with Crippen molar-refractivity contribution in [2.24, 2.45) is 0 Å². The highest BCUT2D eigenvalue weighted by Crippen LogP contribution is 2.31. The van der Waals surface area contributed by atoms with Crippen LogP contribution in [-0.2, 0) is 6.54 Å². The molecule has 128 valence electrons. The van der Waals surface area contributed by atoms with Crippen LogP contribution in [0.15, 0.2) is 78.9 Å². The molecule has 0 saturated carbocycles. The van der Waals surface area contributed by atoms with Crippen LogP contribution in [0.4, 0.5) is 5.13 Å². The van der Waals surface area contributed by atoms with Gasteiger partial charge in [0.2, 0.25) is 0 Å². The van der Waals surface area contributed by atoms with Crippen LogP contribution in [0.2, 0.25) is 5.02 Å². The van der Waals surface area contributed by atoms with Gasteiger partial charge in [0.05, 0.1) is 16.8 Å². The Morgan fingerprint density at radius 3 is 2.50 bits per heavy atom. The molecule has 1 amide bonds. The van der Waals surface area contributed by atoms with E-state index in [-0.39, 0.29) is 5.91 Å². The summed E-state index contributed by atoms with van der Waals surface area (Å²) in [5, 5.41) is 1.22. The highest BCUT2D eigenvalue weighted by Gasteiger charge is 2.21. The third kappa shape index (κ3) is 3.47. The molecular formula is C21H15ClN2OS. The summed E-state index contributed by atoms with van der Waals surface area (Å²) in [5.74, 6) is -0.115. The highest BCUT2D eigenvalue weighted by molar-refractivity contribution is 7.22. The molecule has 0 saturated heterocycles. The molecule has 0 aliphatic carbocycles. The number of para-hydroxylation sites is 1. The van der Waals surface area contributed by atoms with Crippen molar-refractivity contribution in [3.8, 4) is 0 Å². The fourth-order valence-corrected chi connectivity index (χ4v) is 3.90. The van der Waals surface area contributed by atoms with E-state index in [1.807, 2.05) is 54.6 Å². The summed E-state index contributed by atoms with van der Waals surface area (Å²) in [4.78, 5) is 19.6. The van der Waals surface area contributed by atoms with Gasteiger partial charge in [-0.3, -0.25) is 9.69 Å². The zero-order chi connectivity index (χ0) is 17.9. The molecule has 3 aromatic carbocycles. The first-order valence-corrected chi connectivity index (χ1v) is 9.37. The lowest BCUT2D eigenvalue weighted by molar-refractivity contribution is 0.0985. The van der Waals surface area contributed by atoms with E-state index in [2.05, 4.69) is 4.98 Å². The molecule has 4 rings (SSSR count). The summed E-state index contributed by atoms with van der Waals surface area (Å²) in [7, 11) is 0. The summed E-state index contributed by atoms with van der Waals surface area (Å²) < 4.78 is 1.06. The van der Waals surface area contributed by atoms with E-state index in [4.69, 9.17) is 11.6 Å². The third-order valence-corrected chi connectivity index (χ3v) is 5.31. The van der Waals surface area contributed by atoms with Gasteiger partial charge < -0.3 is 0 Å². The minimum Gasteiger partial charge on any atom is -0.279 e. The summed E-state index contributed by atoms with van der Waals surface area (Å²) in [5.41, 5.74) is 2.49. The number of aromatic nitrogens is 1. The summed E-state index contributed by atoms with van der Waals surface area (Å²) in [6, 6.07) is 24.8. The summed E-state index contributed by atoms with van der Waals surface area (Å²) in [6.45, 7) is 0.450. The number of carbonyl (C=O) groups is 1. The number of amides is 1. The first-order valence-electron chi connectivity index (χ1n) is 8.17. The van der Waals surface area contributed by atoms with Crippen molar-refractivity contribution < 1.29 is 4.79 Å². The van der Waals surface area contributed by atoms with Crippen LogP contribution in [0, 0.1) is 0 Å². The largest absolute Gasteiger partial charge is 0.279 e. The molecular weight excluding hydrogens is 364 g/mol. The van der Waals surface area contributed by atoms with Gasteiger partial charge in [-0.2, -0.15) is 0 Å². The lowest BCUT2D eigenvalue weighted by atomic mass is 10.1. The number of hydrogen-bond donors (Lipinski definition) is 0. The second kappa shape index (κ2) is 7.28. The van der Waals surface area contributed by atoms with Crippen LogP contribution in [0.5, 0.6) is 0 Å². The maximum Gasteiger partial charge on any atom is 0.260 e. The third-order valence-electron chi connectivity index (χ3n) is 4.01. The zero-order valence-electron chi connectivity index (χ0n) is 13.8. The van der Waals surface area contributed by atoms with E-state index < -0.39 is 0 Å². The standard InChI is InChI=1S/C21H15ClN2OS/c22-17-10-6-9-16(13-17)20(25)24(14-15-7-2-1-3-8-15)21-23-18-11-4-5-12-19(18)26-21/h1-13H,14H2. The Morgan fingerprint density at radius 1 is 0.962 bits per heavy atom. The molecule has 0 spiro atoms.